The van der Waals surface area contributed by atoms with Crippen molar-refractivity contribution in [3.63, 3.8) is 0 Å². The van der Waals surface area contributed by atoms with E-state index in [1.54, 1.807) is 14.4 Å². The fourth-order valence-electron chi connectivity index (χ4n) is 6.98. The van der Waals surface area contributed by atoms with Gasteiger partial charge in [0.25, 0.3) is 0 Å². The van der Waals surface area contributed by atoms with Crippen molar-refractivity contribution in [2.45, 2.75) is 61.4 Å². The summed E-state index contributed by atoms with van der Waals surface area (Å²) in [6.45, 7) is 9.51. The standard InChI is InChI=1S/C31H29.C5H5.C3H4.2ClH.Zr/c1-30(2,24-11-7-5-8-12-24)26-17-15-22-19-23-16-18-27(21-29(23)28(22)20-26)31(3,4)25-13-9-6-10-14-25;1-2-4-5-3-1;1-2-3-1;;;/h5-21H,1-4H3;1-3H,4H2;1-2H2;2*1H;/q;;;;;+2/p-2. The van der Waals surface area contributed by atoms with E-state index in [1.165, 1.54) is 52.6 Å². The Hall–Kier alpha value is -2.31. The van der Waals surface area contributed by atoms with Crippen LogP contribution in [0.5, 0.6) is 0 Å². The maximum atomic E-state index is 2.56. The van der Waals surface area contributed by atoms with Crippen molar-refractivity contribution < 1.29 is 46.1 Å². The van der Waals surface area contributed by atoms with Gasteiger partial charge in [0.15, 0.2) is 0 Å². The molecule has 3 heteroatoms. The average molecular weight is 669 g/mol. The molecular weight excluding hydrogens is 631 g/mol. The molecule has 0 bridgehead atoms. The summed E-state index contributed by atoms with van der Waals surface area (Å²) >= 11 is -2.04. The summed E-state index contributed by atoms with van der Waals surface area (Å²) in [6.07, 6.45) is 11.1. The number of allylic oxidation sites excluding steroid dienone is 4. The topological polar surface area (TPSA) is 0 Å². The van der Waals surface area contributed by atoms with Crippen LogP contribution in [0, 0.1) is 0 Å². The van der Waals surface area contributed by atoms with Crippen molar-refractivity contribution >= 4 is 3.21 Å². The number of hydrogen-bond acceptors (Lipinski definition) is 0. The van der Waals surface area contributed by atoms with Crippen molar-refractivity contribution in [3.05, 3.63) is 152 Å². The summed E-state index contributed by atoms with van der Waals surface area (Å²) in [5, 5.41) is 0. The predicted octanol–water partition coefficient (Wildman–Crippen LogP) is 3.84. The molecule has 7 rings (SSSR count). The largest absolute Gasteiger partial charge is 1.00 e. The average Bonchev–Trinajstić information content (AvgIpc) is 3.58. The summed E-state index contributed by atoms with van der Waals surface area (Å²) in [7, 11) is 0. The summed E-state index contributed by atoms with van der Waals surface area (Å²) in [5.41, 5.74) is 11.6. The second kappa shape index (κ2) is 12.0. The first-order valence-corrected chi connectivity index (χ1v) is 18.7. The zero-order chi connectivity index (χ0) is 27.5. The zero-order valence-electron chi connectivity index (χ0n) is 24.9. The summed E-state index contributed by atoms with van der Waals surface area (Å²) in [5.74, 6) is 0. The van der Waals surface area contributed by atoms with Gasteiger partial charge in [0.1, 0.15) is 0 Å². The van der Waals surface area contributed by atoms with Gasteiger partial charge < -0.3 is 24.8 Å². The van der Waals surface area contributed by atoms with E-state index in [4.69, 9.17) is 0 Å². The first kappa shape index (κ1) is 31.1. The molecule has 0 nitrogen and oxygen atoms in total. The molecule has 0 heterocycles. The van der Waals surface area contributed by atoms with Crippen LogP contribution in [-0.2, 0) is 32.1 Å². The van der Waals surface area contributed by atoms with Crippen LogP contribution in [0.15, 0.2) is 119 Å². The van der Waals surface area contributed by atoms with Crippen LogP contribution in [-0.4, -0.2) is 3.21 Å². The van der Waals surface area contributed by atoms with E-state index in [1.807, 2.05) is 3.21 Å². The molecule has 0 amide bonds. The molecule has 0 spiro atoms. The molecular formula is C39H38Cl2Zr. The van der Waals surface area contributed by atoms with Crippen LogP contribution < -0.4 is 24.8 Å². The van der Waals surface area contributed by atoms with Crippen molar-refractivity contribution in [2.24, 2.45) is 0 Å². The molecule has 0 atom stereocenters. The quantitative estimate of drug-likeness (QED) is 0.293. The van der Waals surface area contributed by atoms with Crippen LogP contribution in [0.3, 0.4) is 0 Å². The summed E-state index contributed by atoms with van der Waals surface area (Å²) in [6, 6.07) is 37.1. The third kappa shape index (κ3) is 5.32. The Labute approximate surface area is 272 Å². The first-order chi connectivity index (χ1) is 19.4. The molecule has 0 saturated heterocycles. The smallest absolute Gasteiger partial charge is 1.00 e. The molecule has 0 radical (unpaired) electrons. The molecule has 4 aromatic rings. The van der Waals surface area contributed by atoms with Crippen molar-refractivity contribution in [1.29, 1.82) is 0 Å². The van der Waals surface area contributed by atoms with E-state index in [9.17, 15) is 0 Å². The third-order valence-corrected chi connectivity index (χ3v) is 18.4. The molecule has 0 N–H and O–H groups in total. The zero-order valence-corrected chi connectivity index (χ0v) is 28.9. The van der Waals surface area contributed by atoms with Crippen molar-refractivity contribution in [3.8, 4) is 11.1 Å². The second-order valence-corrected chi connectivity index (χ2v) is 19.6. The van der Waals surface area contributed by atoms with Gasteiger partial charge in [0.05, 0.1) is 0 Å². The first-order valence-electron chi connectivity index (χ1n) is 14.8. The van der Waals surface area contributed by atoms with E-state index < -0.39 is 21.3 Å². The third-order valence-electron chi connectivity index (χ3n) is 9.74. The molecule has 0 unspecified atom stereocenters. The van der Waals surface area contributed by atoms with Gasteiger partial charge in [-0.25, -0.2) is 0 Å². The molecule has 1 saturated carbocycles. The van der Waals surface area contributed by atoms with Crippen LogP contribution >= 0.6 is 0 Å². The molecule has 0 aromatic heterocycles. The molecule has 212 valence electrons. The van der Waals surface area contributed by atoms with Crippen LogP contribution in [0.4, 0.5) is 0 Å². The van der Waals surface area contributed by atoms with Crippen LogP contribution in [0.1, 0.15) is 84.0 Å². The Morgan fingerprint density at radius 3 is 1.48 bits per heavy atom. The second-order valence-electron chi connectivity index (χ2n) is 12.9. The minimum absolute atomic E-state index is 0. The Bertz CT molecular complexity index is 1600. The monoisotopic (exact) mass is 666 g/mol. The molecule has 0 aliphatic heterocycles. The van der Waals surface area contributed by atoms with Gasteiger partial charge in [0.2, 0.25) is 0 Å². The van der Waals surface area contributed by atoms with Gasteiger partial charge in [-0.05, 0) is 0 Å². The Balaban J connectivity index is 0.00000176. The minimum atomic E-state index is -2.04. The number of halogens is 2. The maximum absolute atomic E-state index is 2.56. The Kier molecular flexibility index (Phi) is 8.89. The molecule has 3 aliphatic rings. The molecule has 3 aliphatic carbocycles. The van der Waals surface area contributed by atoms with Gasteiger partial charge in [-0.15, -0.1) is 0 Å². The molecule has 1 fully saturated rings. The number of fused-ring (bicyclic) bond motifs is 3. The predicted molar refractivity (Wildman–Crippen MR) is 167 cm³/mol. The van der Waals surface area contributed by atoms with Gasteiger partial charge in [-0.1, -0.05) is 0 Å². The molecule has 4 aromatic carbocycles. The number of benzene rings is 4. The van der Waals surface area contributed by atoms with Crippen molar-refractivity contribution in [1.82, 2.24) is 0 Å². The fraction of sp³-hybridized carbons (Fsp3) is 0.256. The number of rotatable bonds is 6. The Morgan fingerprint density at radius 1 is 0.595 bits per heavy atom. The number of hydrogen-bond donors (Lipinski definition) is 0. The van der Waals surface area contributed by atoms with Crippen LogP contribution in [0.2, 0.25) is 0 Å². The van der Waals surface area contributed by atoms with E-state index >= 15 is 0 Å². The summed E-state index contributed by atoms with van der Waals surface area (Å²) < 4.78 is 4.32. The summed E-state index contributed by atoms with van der Waals surface area (Å²) in [4.78, 5) is 0. The minimum Gasteiger partial charge on any atom is -1.00 e. The van der Waals surface area contributed by atoms with Gasteiger partial charge in [-0.3, -0.25) is 0 Å². The van der Waals surface area contributed by atoms with E-state index in [0.717, 1.165) is 0 Å². The maximum Gasteiger partial charge on any atom is -1.00 e. The fourth-order valence-corrected chi connectivity index (χ4v) is 15.9. The van der Waals surface area contributed by atoms with Gasteiger partial charge in [0, 0.05) is 0 Å². The normalized spacial score (nSPS) is 15.1. The molecule has 42 heavy (non-hydrogen) atoms. The van der Waals surface area contributed by atoms with E-state index in [0.29, 0.717) is 3.63 Å². The van der Waals surface area contributed by atoms with Crippen molar-refractivity contribution in [2.75, 3.05) is 0 Å². The van der Waals surface area contributed by atoms with Gasteiger partial charge in [-0.2, -0.15) is 0 Å². The SMILES string of the molecule is CC(C)(c1ccccc1)c1ccc2c(c1)-c1cc(C(C)(C)c3ccccc3)ccc1[CH]2[Zr+2]([C]1=CC=CC1)=[C]1CC1.[Cl-].[Cl-]. The van der Waals surface area contributed by atoms with E-state index in [-0.39, 0.29) is 35.6 Å². The van der Waals surface area contributed by atoms with Gasteiger partial charge >= 0.3 is 249 Å². The van der Waals surface area contributed by atoms with E-state index in [2.05, 4.69) is 143 Å². The van der Waals surface area contributed by atoms with Crippen LogP contribution in [0.25, 0.3) is 11.1 Å². The Morgan fingerprint density at radius 2 is 1.07 bits per heavy atom.